The quantitative estimate of drug-likeness (QED) is 0.884. The highest BCUT2D eigenvalue weighted by atomic mass is 32.1. The van der Waals surface area contributed by atoms with Gasteiger partial charge in [-0.2, -0.15) is 5.10 Å². The first-order valence-electron chi connectivity index (χ1n) is 5.30. The Labute approximate surface area is 98.6 Å². The number of hydrogen-bond acceptors (Lipinski definition) is 4. The highest BCUT2D eigenvalue weighted by molar-refractivity contribution is 7.11. The second kappa shape index (κ2) is 4.76. The van der Waals surface area contributed by atoms with Crippen molar-refractivity contribution in [1.82, 2.24) is 14.8 Å². The molecular weight excluding hydrogens is 222 g/mol. The number of thiazole rings is 1. The van der Waals surface area contributed by atoms with Gasteiger partial charge in [0.25, 0.3) is 0 Å². The molecule has 0 radical (unpaired) electrons. The fraction of sp³-hybridized carbons (Fsp3) is 0.455. The molecule has 4 nitrogen and oxygen atoms in total. The Morgan fingerprint density at radius 1 is 1.50 bits per heavy atom. The molecular formula is C11H15N3OS. The van der Waals surface area contributed by atoms with E-state index in [0.717, 1.165) is 22.0 Å². The van der Waals surface area contributed by atoms with Crippen LogP contribution in [0.25, 0.3) is 0 Å². The van der Waals surface area contributed by atoms with Crippen molar-refractivity contribution >= 4 is 11.3 Å². The minimum atomic E-state index is -0.472. The Morgan fingerprint density at radius 2 is 2.31 bits per heavy atom. The van der Waals surface area contributed by atoms with Crippen LogP contribution < -0.4 is 0 Å². The standard InChI is InChI=1S/C11H15N3OS/c1-3-14-7-9(5-13-14)4-10(15)11-6-12-8(2)16-11/h5-7,10,15H,3-4H2,1-2H3. The van der Waals surface area contributed by atoms with Gasteiger partial charge in [0.15, 0.2) is 0 Å². The van der Waals surface area contributed by atoms with Crippen LogP contribution in [0.5, 0.6) is 0 Å². The van der Waals surface area contributed by atoms with E-state index in [0.29, 0.717) is 6.42 Å². The highest BCUT2D eigenvalue weighted by Crippen LogP contribution is 2.23. The Morgan fingerprint density at radius 3 is 2.88 bits per heavy atom. The van der Waals surface area contributed by atoms with Gasteiger partial charge in [-0.3, -0.25) is 4.68 Å². The largest absolute Gasteiger partial charge is 0.387 e. The summed E-state index contributed by atoms with van der Waals surface area (Å²) >= 11 is 1.54. The van der Waals surface area contributed by atoms with E-state index >= 15 is 0 Å². The van der Waals surface area contributed by atoms with Gasteiger partial charge in [-0.15, -0.1) is 11.3 Å². The molecule has 0 bridgehead atoms. The Balaban J connectivity index is 2.04. The van der Waals surface area contributed by atoms with Crippen molar-refractivity contribution in [2.24, 2.45) is 0 Å². The van der Waals surface area contributed by atoms with Gasteiger partial charge >= 0.3 is 0 Å². The van der Waals surface area contributed by atoms with Crippen LogP contribution in [-0.2, 0) is 13.0 Å². The topological polar surface area (TPSA) is 50.9 Å². The van der Waals surface area contributed by atoms with Crippen LogP contribution in [0, 0.1) is 6.92 Å². The zero-order valence-corrected chi connectivity index (χ0v) is 10.2. The summed E-state index contributed by atoms with van der Waals surface area (Å²) in [5, 5.41) is 15.2. The van der Waals surface area contributed by atoms with Crippen molar-refractivity contribution < 1.29 is 5.11 Å². The summed E-state index contributed by atoms with van der Waals surface area (Å²) in [7, 11) is 0. The lowest BCUT2D eigenvalue weighted by Crippen LogP contribution is -1.99. The third-order valence-electron chi connectivity index (χ3n) is 2.41. The predicted octanol–water partition coefficient (Wildman–Crippen LogP) is 1.94. The lowest BCUT2D eigenvalue weighted by Gasteiger charge is -2.05. The van der Waals surface area contributed by atoms with E-state index in [-0.39, 0.29) is 0 Å². The van der Waals surface area contributed by atoms with Gasteiger partial charge in [-0.25, -0.2) is 4.98 Å². The molecule has 0 saturated carbocycles. The minimum absolute atomic E-state index is 0.472. The average molecular weight is 237 g/mol. The van der Waals surface area contributed by atoms with E-state index < -0.39 is 6.10 Å². The Kier molecular flexibility index (Phi) is 3.36. The van der Waals surface area contributed by atoms with Gasteiger partial charge in [-0.05, 0) is 19.4 Å². The van der Waals surface area contributed by atoms with E-state index in [9.17, 15) is 5.11 Å². The molecule has 86 valence electrons. The summed E-state index contributed by atoms with van der Waals surface area (Å²) in [6.07, 6.45) is 5.65. The third-order valence-corrected chi connectivity index (χ3v) is 3.42. The van der Waals surface area contributed by atoms with Crippen LogP contribution >= 0.6 is 11.3 Å². The molecule has 0 aliphatic heterocycles. The maximum absolute atomic E-state index is 10.0. The smallest absolute Gasteiger partial charge is 0.0939 e. The molecule has 2 rings (SSSR count). The van der Waals surface area contributed by atoms with Gasteiger partial charge < -0.3 is 5.11 Å². The molecule has 5 heteroatoms. The summed E-state index contributed by atoms with van der Waals surface area (Å²) in [5.41, 5.74) is 1.06. The van der Waals surface area contributed by atoms with E-state index in [1.807, 2.05) is 24.7 Å². The van der Waals surface area contributed by atoms with Crippen molar-refractivity contribution in [3.05, 3.63) is 34.0 Å². The number of rotatable bonds is 4. The molecule has 1 unspecified atom stereocenters. The van der Waals surface area contributed by atoms with Crippen molar-refractivity contribution in [3.8, 4) is 0 Å². The number of aryl methyl sites for hydroxylation is 2. The predicted molar refractivity (Wildman–Crippen MR) is 63.4 cm³/mol. The summed E-state index contributed by atoms with van der Waals surface area (Å²) in [4.78, 5) is 5.06. The van der Waals surface area contributed by atoms with Crippen molar-refractivity contribution in [2.75, 3.05) is 0 Å². The molecule has 2 aromatic heterocycles. The fourth-order valence-corrected chi connectivity index (χ4v) is 2.31. The molecule has 2 heterocycles. The van der Waals surface area contributed by atoms with Gasteiger partial charge in [0.1, 0.15) is 0 Å². The SMILES string of the molecule is CCn1cc(CC(O)c2cnc(C)s2)cn1. The first kappa shape index (κ1) is 11.3. The molecule has 0 saturated heterocycles. The van der Waals surface area contributed by atoms with Gasteiger partial charge in [0.05, 0.1) is 22.2 Å². The number of aromatic nitrogens is 3. The van der Waals surface area contributed by atoms with Gasteiger partial charge in [-0.1, -0.05) is 0 Å². The summed E-state index contributed by atoms with van der Waals surface area (Å²) < 4.78 is 1.86. The maximum atomic E-state index is 10.0. The van der Waals surface area contributed by atoms with Gasteiger partial charge in [0, 0.05) is 25.4 Å². The van der Waals surface area contributed by atoms with Crippen LogP contribution in [0.2, 0.25) is 0 Å². The Hall–Kier alpha value is -1.20. The second-order valence-electron chi connectivity index (χ2n) is 3.71. The fourth-order valence-electron chi connectivity index (χ4n) is 1.54. The second-order valence-corrected chi connectivity index (χ2v) is 4.97. The van der Waals surface area contributed by atoms with Crippen LogP contribution in [0.4, 0.5) is 0 Å². The Bertz CT molecular complexity index is 463. The molecule has 0 aliphatic rings. The summed E-state index contributed by atoms with van der Waals surface area (Å²) in [5.74, 6) is 0. The number of aliphatic hydroxyl groups excluding tert-OH is 1. The molecule has 0 spiro atoms. The summed E-state index contributed by atoms with van der Waals surface area (Å²) in [6.45, 7) is 4.84. The van der Waals surface area contributed by atoms with Crippen LogP contribution in [0.3, 0.4) is 0 Å². The molecule has 2 aromatic rings. The number of aliphatic hydroxyl groups is 1. The lowest BCUT2D eigenvalue weighted by molar-refractivity contribution is 0.182. The van der Waals surface area contributed by atoms with Crippen LogP contribution in [0.15, 0.2) is 18.6 Å². The number of hydrogen-bond donors (Lipinski definition) is 1. The molecule has 0 aliphatic carbocycles. The van der Waals surface area contributed by atoms with Crippen molar-refractivity contribution in [2.45, 2.75) is 32.9 Å². The normalized spacial score (nSPS) is 12.9. The minimum Gasteiger partial charge on any atom is -0.387 e. The lowest BCUT2D eigenvalue weighted by atomic mass is 10.1. The van der Waals surface area contributed by atoms with E-state index in [1.165, 1.54) is 11.3 Å². The molecule has 0 fully saturated rings. The first-order valence-corrected chi connectivity index (χ1v) is 6.12. The monoisotopic (exact) mass is 237 g/mol. The van der Waals surface area contributed by atoms with E-state index in [1.54, 1.807) is 12.4 Å². The van der Waals surface area contributed by atoms with Crippen LogP contribution in [-0.4, -0.2) is 19.9 Å². The first-order chi connectivity index (χ1) is 7.69. The molecule has 1 N–H and O–H groups in total. The van der Waals surface area contributed by atoms with E-state index in [4.69, 9.17) is 0 Å². The molecule has 0 amide bonds. The van der Waals surface area contributed by atoms with Crippen molar-refractivity contribution in [1.29, 1.82) is 0 Å². The highest BCUT2D eigenvalue weighted by Gasteiger charge is 2.12. The van der Waals surface area contributed by atoms with E-state index in [2.05, 4.69) is 10.1 Å². The molecule has 16 heavy (non-hydrogen) atoms. The van der Waals surface area contributed by atoms with Crippen LogP contribution in [0.1, 0.15) is 28.5 Å². The third kappa shape index (κ3) is 2.48. The zero-order chi connectivity index (χ0) is 11.5. The summed E-state index contributed by atoms with van der Waals surface area (Å²) in [6, 6.07) is 0. The van der Waals surface area contributed by atoms with Gasteiger partial charge in [0.2, 0.25) is 0 Å². The molecule has 0 aromatic carbocycles. The maximum Gasteiger partial charge on any atom is 0.0939 e. The zero-order valence-electron chi connectivity index (χ0n) is 9.42. The average Bonchev–Trinajstić information content (AvgIpc) is 2.87. The number of nitrogens with zero attached hydrogens (tertiary/aromatic N) is 3. The molecule has 1 atom stereocenters. The van der Waals surface area contributed by atoms with Crippen molar-refractivity contribution in [3.63, 3.8) is 0 Å².